The van der Waals surface area contributed by atoms with Crippen LogP contribution in [0.5, 0.6) is 0 Å². The van der Waals surface area contributed by atoms with Gasteiger partial charge in [0.15, 0.2) is 5.16 Å². The number of rotatable bonds is 5. The van der Waals surface area contributed by atoms with Crippen LogP contribution in [-0.4, -0.2) is 26.4 Å². The second kappa shape index (κ2) is 6.66. The number of halogens is 1. The highest BCUT2D eigenvalue weighted by molar-refractivity contribution is 7.99. The summed E-state index contributed by atoms with van der Waals surface area (Å²) in [7, 11) is 0. The third-order valence-corrected chi connectivity index (χ3v) is 4.06. The van der Waals surface area contributed by atoms with Crippen molar-refractivity contribution in [1.29, 1.82) is 5.26 Å². The van der Waals surface area contributed by atoms with Crippen molar-refractivity contribution < 1.29 is 9.90 Å². The van der Waals surface area contributed by atoms with Crippen LogP contribution in [0.2, 0.25) is 5.02 Å². The van der Waals surface area contributed by atoms with E-state index >= 15 is 0 Å². The van der Waals surface area contributed by atoms with Gasteiger partial charge in [-0.3, -0.25) is 9.36 Å². The van der Waals surface area contributed by atoms with Crippen LogP contribution in [0.4, 0.5) is 0 Å². The van der Waals surface area contributed by atoms with E-state index in [9.17, 15) is 4.79 Å². The smallest absolute Gasteiger partial charge is 0.313 e. The maximum atomic E-state index is 10.7. The van der Waals surface area contributed by atoms with E-state index in [1.165, 1.54) is 0 Å². The number of nitriles is 1. The van der Waals surface area contributed by atoms with E-state index in [0.29, 0.717) is 27.9 Å². The van der Waals surface area contributed by atoms with Crippen LogP contribution >= 0.6 is 23.4 Å². The quantitative estimate of drug-likeness (QED) is 0.856. The third-order valence-electron chi connectivity index (χ3n) is 2.81. The van der Waals surface area contributed by atoms with Crippen LogP contribution in [0.1, 0.15) is 18.2 Å². The first-order valence-corrected chi connectivity index (χ1v) is 7.54. The first-order valence-electron chi connectivity index (χ1n) is 6.18. The van der Waals surface area contributed by atoms with Crippen molar-refractivity contribution in [3.63, 3.8) is 0 Å². The van der Waals surface area contributed by atoms with Crippen LogP contribution < -0.4 is 0 Å². The van der Waals surface area contributed by atoms with Gasteiger partial charge in [-0.25, -0.2) is 4.98 Å². The maximum Gasteiger partial charge on any atom is 0.313 e. The minimum Gasteiger partial charge on any atom is -0.481 e. The Labute approximate surface area is 131 Å². The van der Waals surface area contributed by atoms with Crippen LogP contribution in [0.15, 0.2) is 29.6 Å². The van der Waals surface area contributed by atoms with Crippen LogP contribution in [0, 0.1) is 11.3 Å². The summed E-state index contributed by atoms with van der Waals surface area (Å²) >= 11 is 7.34. The highest BCUT2D eigenvalue weighted by Gasteiger charge is 2.15. The zero-order valence-electron chi connectivity index (χ0n) is 11.2. The summed E-state index contributed by atoms with van der Waals surface area (Å²) in [4.78, 5) is 15.0. The molecule has 0 saturated heterocycles. The highest BCUT2D eigenvalue weighted by Crippen LogP contribution is 2.29. The van der Waals surface area contributed by atoms with Gasteiger partial charge in [0, 0.05) is 11.9 Å². The zero-order valence-corrected chi connectivity index (χ0v) is 12.8. The normalized spacial score (nSPS) is 10.3. The second-order valence-corrected chi connectivity index (χ2v) is 5.53. The Balaban J connectivity index is 2.53. The molecule has 1 N–H and O–H groups in total. The molecule has 1 heterocycles. The summed E-state index contributed by atoms with van der Waals surface area (Å²) < 4.78 is 1.80. The SMILES string of the molecule is CCc1cnc(SCC(=O)O)n1-c1cc(C#N)ccc1Cl. The van der Waals surface area contributed by atoms with Gasteiger partial charge in [0.25, 0.3) is 0 Å². The van der Waals surface area contributed by atoms with Gasteiger partial charge < -0.3 is 5.11 Å². The number of imidazole rings is 1. The van der Waals surface area contributed by atoms with Gasteiger partial charge in [0.1, 0.15) is 0 Å². The van der Waals surface area contributed by atoms with E-state index in [1.807, 2.05) is 6.92 Å². The van der Waals surface area contributed by atoms with E-state index in [2.05, 4.69) is 11.1 Å². The molecule has 2 aromatic rings. The predicted molar refractivity (Wildman–Crippen MR) is 81.0 cm³/mol. The van der Waals surface area contributed by atoms with E-state index in [0.717, 1.165) is 17.5 Å². The molecule has 0 radical (unpaired) electrons. The molecule has 0 fully saturated rings. The highest BCUT2D eigenvalue weighted by atomic mass is 35.5. The van der Waals surface area contributed by atoms with Gasteiger partial charge in [-0.1, -0.05) is 30.3 Å². The Kier molecular flexibility index (Phi) is 4.89. The molecule has 1 aromatic carbocycles. The average Bonchev–Trinajstić information content (AvgIpc) is 2.88. The van der Waals surface area contributed by atoms with Gasteiger partial charge in [-0.15, -0.1) is 0 Å². The van der Waals surface area contributed by atoms with Gasteiger partial charge in [-0.2, -0.15) is 5.26 Å². The fourth-order valence-corrected chi connectivity index (χ4v) is 2.78. The summed E-state index contributed by atoms with van der Waals surface area (Å²) in [6.45, 7) is 1.97. The largest absolute Gasteiger partial charge is 0.481 e. The topological polar surface area (TPSA) is 78.9 Å². The molecular formula is C14H12ClN3O2S. The minimum absolute atomic E-state index is 0.0876. The fraction of sp³-hybridized carbons (Fsp3) is 0.214. The van der Waals surface area contributed by atoms with E-state index in [4.69, 9.17) is 22.0 Å². The summed E-state index contributed by atoms with van der Waals surface area (Å²) in [6.07, 6.45) is 2.41. The summed E-state index contributed by atoms with van der Waals surface area (Å²) in [5.41, 5.74) is 2.03. The van der Waals surface area contributed by atoms with Gasteiger partial charge >= 0.3 is 5.97 Å². The number of aryl methyl sites for hydroxylation is 1. The number of carboxylic acids is 1. The van der Waals surface area contributed by atoms with Crippen molar-refractivity contribution >= 4 is 29.3 Å². The molecule has 7 heteroatoms. The standard InChI is InChI=1S/C14H12ClN3O2S/c1-2-10-7-17-14(21-8-13(19)20)18(10)12-5-9(6-16)3-4-11(12)15/h3-5,7H,2,8H2,1H3,(H,19,20). The van der Waals surface area contributed by atoms with Crippen molar-refractivity contribution in [3.05, 3.63) is 40.7 Å². The second-order valence-electron chi connectivity index (χ2n) is 4.18. The Morgan fingerprint density at radius 3 is 2.95 bits per heavy atom. The molecule has 0 spiro atoms. The molecule has 2 rings (SSSR count). The molecule has 1 aromatic heterocycles. The number of aliphatic carboxylic acids is 1. The molecule has 0 bridgehead atoms. The van der Waals surface area contributed by atoms with Crippen LogP contribution in [0.25, 0.3) is 5.69 Å². The first kappa shape index (κ1) is 15.4. The van der Waals surface area contributed by atoms with Crippen molar-refractivity contribution in [2.24, 2.45) is 0 Å². The molecule has 0 amide bonds. The summed E-state index contributed by atoms with van der Waals surface area (Å²) in [6, 6.07) is 7.04. The summed E-state index contributed by atoms with van der Waals surface area (Å²) in [5.74, 6) is -1.00. The lowest BCUT2D eigenvalue weighted by molar-refractivity contribution is -0.133. The zero-order chi connectivity index (χ0) is 15.4. The average molecular weight is 322 g/mol. The van der Waals surface area contributed by atoms with Gasteiger partial charge in [0.2, 0.25) is 0 Å². The Morgan fingerprint density at radius 1 is 1.57 bits per heavy atom. The molecule has 0 aliphatic heterocycles. The number of aromatic nitrogens is 2. The molecule has 0 saturated carbocycles. The number of hydrogen-bond acceptors (Lipinski definition) is 4. The molecule has 108 valence electrons. The van der Waals surface area contributed by atoms with Crippen molar-refractivity contribution in [2.75, 3.05) is 5.75 Å². The Bertz CT molecular complexity index is 721. The lowest BCUT2D eigenvalue weighted by Gasteiger charge is -2.12. The molecule has 0 atom stereocenters. The van der Waals surface area contributed by atoms with E-state index in [-0.39, 0.29) is 5.75 Å². The lowest BCUT2D eigenvalue weighted by Crippen LogP contribution is -2.05. The number of carboxylic acid groups (broad SMARTS) is 1. The number of nitrogens with zero attached hydrogens (tertiary/aromatic N) is 3. The van der Waals surface area contributed by atoms with Crippen molar-refractivity contribution in [2.45, 2.75) is 18.5 Å². The number of benzene rings is 1. The molecule has 0 aliphatic carbocycles. The Hall–Kier alpha value is -1.97. The third kappa shape index (κ3) is 3.38. The van der Waals surface area contributed by atoms with Crippen LogP contribution in [0.3, 0.4) is 0 Å². The molecule has 0 unspecified atom stereocenters. The van der Waals surface area contributed by atoms with Crippen molar-refractivity contribution in [1.82, 2.24) is 9.55 Å². The van der Waals surface area contributed by atoms with E-state index < -0.39 is 5.97 Å². The van der Waals surface area contributed by atoms with E-state index in [1.54, 1.807) is 29.0 Å². The Morgan fingerprint density at radius 2 is 2.33 bits per heavy atom. The minimum atomic E-state index is -0.913. The van der Waals surface area contributed by atoms with Crippen LogP contribution in [-0.2, 0) is 11.2 Å². The maximum absolute atomic E-state index is 10.7. The molecule has 21 heavy (non-hydrogen) atoms. The number of hydrogen-bond donors (Lipinski definition) is 1. The number of carbonyl (C=O) groups is 1. The molecular weight excluding hydrogens is 310 g/mol. The lowest BCUT2D eigenvalue weighted by atomic mass is 10.2. The number of thioether (sulfide) groups is 1. The molecule has 0 aliphatic rings. The first-order chi connectivity index (χ1) is 10.1. The van der Waals surface area contributed by atoms with Crippen molar-refractivity contribution in [3.8, 4) is 11.8 Å². The van der Waals surface area contributed by atoms with Gasteiger partial charge in [0.05, 0.1) is 28.1 Å². The van der Waals surface area contributed by atoms with Gasteiger partial charge in [-0.05, 0) is 24.6 Å². The monoisotopic (exact) mass is 321 g/mol. The fourth-order valence-electron chi connectivity index (χ4n) is 1.86. The predicted octanol–water partition coefficient (Wildman–Crippen LogP) is 3.14. The summed E-state index contributed by atoms with van der Waals surface area (Å²) in [5, 5.41) is 18.9. The molecule has 5 nitrogen and oxygen atoms in total.